The van der Waals surface area contributed by atoms with Gasteiger partial charge in [0.2, 0.25) is 0 Å². The zero-order chi connectivity index (χ0) is 17.9. The van der Waals surface area contributed by atoms with Crippen molar-refractivity contribution in [3.8, 4) is 0 Å². The molecule has 4 nitrogen and oxygen atoms in total. The van der Waals surface area contributed by atoms with Crippen LogP contribution in [0.1, 0.15) is 40.5 Å². The molecule has 25 heavy (non-hydrogen) atoms. The molecule has 0 amide bonds. The minimum Gasteiger partial charge on any atom is -0.306 e. The standard InChI is InChI=1S/C7H15N.C7H13N.C6H14N2.CH4/c3*1-7-3-5-8(2)6-4-7;/h7H,3-6H2,1-2H3;3H,4-6H2,1-2H3;3-6H2,1-2H3;1H4. The Morgan fingerprint density at radius 2 is 1.16 bits per heavy atom. The molecule has 3 aliphatic heterocycles. The van der Waals surface area contributed by atoms with E-state index in [-0.39, 0.29) is 7.43 Å². The summed E-state index contributed by atoms with van der Waals surface area (Å²) in [7, 11) is 8.70. The average molecular weight is 355 g/mol. The summed E-state index contributed by atoms with van der Waals surface area (Å²) in [5, 5.41) is 0. The molecule has 0 bridgehead atoms. The number of nitrogens with zero attached hydrogens (tertiary/aromatic N) is 4. The molecule has 3 aliphatic rings. The molecule has 0 atom stereocenters. The Balaban J connectivity index is 0.000000339. The highest BCUT2D eigenvalue weighted by Gasteiger charge is 2.10. The normalized spacial score (nSPS) is 24.2. The smallest absolute Gasteiger partial charge is 0.0162 e. The Bertz CT molecular complexity index is 300. The number of rotatable bonds is 0. The highest BCUT2D eigenvalue weighted by Crippen LogP contribution is 2.13. The van der Waals surface area contributed by atoms with Gasteiger partial charge in [0.25, 0.3) is 0 Å². The summed E-state index contributed by atoms with van der Waals surface area (Å²) < 4.78 is 0. The molecule has 3 rings (SSSR count). The van der Waals surface area contributed by atoms with Gasteiger partial charge in [-0.05, 0) is 73.4 Å². The van der Waals surface area contributed by atoms with Crippen LogP contribution in [0.3, 0.4) is 0 Å². The van der Waals surface area contributed by atoms with Crippen LogP contribution in [-0.2, 0) is 0 Å². The van der Waals surface area contributed by atoms with Crippen molar-refractivity contribution in [2.24, 2.45) is 5.92 Å². The van der Waals surface area contributed by atoms with Crippen LogP contribution in [0.25, 0.3) is 0 Å². The fourth-order valence-corrected chi connectivity index (χ4v) is 2.92. The van der Waals surface area contributed by atoms with Crippen LogP contribution in [0, 0.1) is 5.92 Å². The van der Waals surface area contributed by atoms with Crippen LogP contribution in [0.15, 0.2) is 11.6 Å². The topological polar surface area (TPSA) is 13.0 Å². The number of likely N-dealkylation sites (N-methyl/N-ethyl adjacent to an activating group) is 3. The molecular weight excluding hydrogens is 308 g/mol. The summed E-state index contributed by atoms with van der Waals surface area (Å²) in [4.78, 5) is 9.45. The first-order valence-electron chi connectivity index (χ1n) is 9.76. The van der Waals surface area contributed by atoms with Gasteiger partial charge in [0, 0.05) is 39.3 Å². The van der Waals surface area contributed by atoms with E-state index in [2.05, 4.69) is 67.7 Å². The summed E-state index contributed by atoms with van der Waals surface area (Å²) in [5.74, 6) is 0.978. The molecule has 0 radical (unpaired) electrons. The molecule has 0 spiro atoms. The maximum atomic E-state index is 2.40. The molecule has 0 saturated carbocycles. The van der Waals surface area contributed by atoms with Crippen molar-refractivity contribution in [2.75, 3.05) is 80.5 Å². The lowest BCUT2D eigenvalue weighted by molar-refractivity contribution is 0.181. The molecule has 0 N–H and O–H groups in total. The van der Waals surface area contributed by atoms with E-state index in [0.29, 0.717) is 0 Å². The van der Waals surface area contributed by atoms with Crippen LogP contribution in [0.5, 0.6) is 0 Å². The largest absolute Gasteiger partial charge is 0.306 e. The van der Waals surface area contributed by atoms with E-state index in [1.807, 2.05) is 0 Å². The van der Waals surface area contributed by atoms with Crippen molar-refractivity contribution in [2.45, 2.75) is 40.5 Å². The summed E-state index contributed by atoms with van der Waals surface area (Å²) in [6, 6.07) is 0. The summed E-state index contributed by atoms with van der Waals surface area (Å²) in [6.07, 6.45) is 6.35. The van der Waals surface area contributed by atoms with Gasteiger partial charge in [-0.15, -0.1) is 0 Å². The van der Waals surface area contributed by atoms with Crippen molar-refractivity contribution in [3.05, 3.63) is 11.6 Å². The van der Waals surface area contributed by atoms with Gasteiger partial charge in [0.1, 0.15) is 0 Å². The third-order valence-corrected chi connectivity index (χ3v) is 5.37. The Hall–Kier alpha value is -0.420. The Morgan fingerprint density at radius 1 is 0.720 bits per heavy atom. The quantitative estimate of drug-likeness (QED) is 0.620. The number of piperazine rings is 1. The maximum absolute atomic E-state index is 2.40. The van der Waals surface area contributed by atoms with Gasteiger partial charge < -0.3 is 19.6 Å². The first-order valence-corrected chi connectivity index (χ1v) is 9.76. The molecule has 2 fully saturated rings. The molecule has 3 heterocycles. The zero-order valence-electron chi connectivity index (χ0n) is 17.2. The zero-order valence-corrected chi connectivity index (χ0v) is 17.2. The predicted molar refractivity (Wildman–Crippen MR) is 113 cm³/mol. The van der Waals surface area contributed by atoms with E-state index in [4.69, 9.17) is 0 Å². The maximum Gasteiger partial charge on any atom is 0.0162 e. The summed E-state index contributed by atoms with van der Waals surface area (Å²) in [5.41, 5.74) is 1.54. The second kappa shape index (κ2) is 13.7. The lowest BCUT2D eigenvalue weighted by atomic mass is 10.00. The fourth-order valence-electron chi connectivity index (χ4n) is 2.92. The third-order valence-electron chi connectivity index (χ3n) is 5.37. The number of hydrogen-bond donors (Lipinski definition) is 0. The lowest BCUT2D eigenvalue weighted by Crippen LogP contribution is -2.42. The Labute approximate surface area is 158 Å². The molecule has 0 unspecified atom stereocenters. The van der Waals surface area contributed by atoms with Gasteiger partial charge in [0.15, 0.2) is 0 Å². The van der Waals surface area contributed by atoms with E-state index >= 15 is 0 Å². The summed E-state index contributed by atoms with van der Waals surface area (Å²) >= 11 is 0. The van der Waals surface area contributed by atoms with Gasteiger partial charge in [-0.2, -0.15) is 0 Å². The fraction of sp³-hybridized carbons (Fsp3) is 0.905. The number of likely N-dealkylation sites (tertiary alicyclic amines) is 1. The first kappa shape index (κ1) is 24.6. The van der Waals surface area contributed by atoms with Crippen LogP contribution >= 0.6 is 0 Å². The molecule has 0 aliphatic carbocycles. The lowest BCUT2D eigenvalue weighted by Gasteiger charge is -2.28. The van der Waals surface area contributed by atoms with Crippen LogP contribution < -0.4 is 0 Å². The molecule has 2 saturated heterocycles. The molecular formula is C21H46N4. The van der Waals surface area contributed by atoms with Gasteiger partial charge in [-0.25, -0.2) is 0 Å². The second-order valence-corrected chi connectivity index (χ2v) is 8.16. The SMILES string of the molecule is C.CC1=CCN(C)CC1.CC1CCN(C)CC1.CN1CCN(C)CC1. The molecule has 4 heteroatoms. The minimum atomic E-state index is 0. The molecule has 0 aromatic heterocycles. The highest BCUT2D eigenvalue weighted by atomic mass is 15.2. The molecule has 0 aromatic rings. The second-order valence-electron chi connectivity index (χ2n) is 8.16. The van der Waals surface area contributed by atoms with Crippen LogP contribution in [0.4, 0.5) is 0 Å². The first-order chi connectivity index (χ1) is 11.4. The van der Waals surface area contributed by atoms with Crippen LogP contribution in [0.2, 0.25) is 0 Å². The van der Waals surface area contributed by atoms with E-state index in [1.54, 1.807) is 5.57 Å². The molecule has 150 valence electrons. The monoisotopic (exact) mass is 354 g/mol. The van der Waals surface area contributed by atoms with Crippen molar-refractivity contribution >= 4 is 0 Å². The van der Waals surface area contributed by atoms with Crippen molar-refractivity contribution < 1.29 is 0 Å². The number of piperidine rings is 1. The number of hydrogen-bond acceptors (Lipinski definition) is 4. The van der Waals surface area contributed by atoms with Crippen LogP contribution in [-0.4, -0.2) is 100 Å². The molecule has 0 aromatic carbocycles. The highest BCUT2D eigenvalue weighted by molar-refractivity contribution is 5.02. The Morgan fingerprint density at radius 3 is 1.48 bits per heavy atom. The minimum absolute atomic E-state index is 0. The van der Waals surface area contributed by atoms with Gasteiger partial charge in [-0.1, -0.05) is 26.0 Å². The van der Waals surface area contributed by atoms with Crippen molar-refractivity contribution in [3.63, 3.8) is 0 Å². The average Bonchev–Trinajstić information content (AvgIpc) is 2.57. The van der Waals surface area contributed by atoms with E-state index in [9.17, 15) is 0 Å². The summed E-state index contributed by atoms with van der Waals surface area (Å²) in [6.45, 7) is 14.5. The van der Waals surface area contributed by atoms with E-state index in [1.165, 1.54) is 65.1 Å². The van der Waals surface area contributed by atoms with Gasteiger partial charge >= 0.3 is 0 Å². The van der Waals surface area contributed by atoms with E-state index in [0.717, 1.165) is 12.5 Å². The van der Waals surface area contributed by atoms with Crippen molar-refractivity contribution in [1.29, 1.82) is 0 Å². The Kier molecular flexibility index (Phi) is 13.5. The third kappa shape index (κ3) is 12.6. The van der Waals surface area contributed by atoms with Gasteiger partial charge in [0.05, 0.1) is 0 Å². The van der Waals surface area contributed by atoms with E-state index < -0.39 is 0 Å². The van der Waals surface area contributed by atoms with Gasteiger partial charge in [-0.3, -0.25) is 0 Å². The predicted octanol–water partition coefficient (Wildman–Crippen LogP) is 3.12. The van der Waals surface area contributed by atoms with Crippen molar-refractivity contribution in [1.82, 2.24) is 19.6 Å².